The molecule has 0 bridgehead atoms. The van der Waals surface area contributed by atoms with E-state index in [-0.39, 0.29) is 11.8 Å². The van der Waals surface area contributed by atoms with Crippen LogP contribution < -0.4 is 4.90 Å². The van der Waals surface area contributed by atoms with E-state index in [4.69, 9.17) is 10.1 Å². The molecule has 1 aliphatic rings. The van der Waals surface area contributed by atoms with Gasteiger partial charge in [-0.2, -0.15) is 5.10 Å². The number of fused-ring (bicyclic) bond motifs is 1. The average molecular weight is 606 g/mol. The van der Waals surface area contributed by atoms with Crippen molar-refractivity contribution >= 4 is 22.5 Å². The Morgan fingerprint density at radius 2 is 1.35 bits per heavy atom. The summed E-state index contributed by atoms with van der Waals surface area (Å²) in [5, 5.41) is 6.39. The van der Waals surface area contributed by atoms with E-state index in [0.717, 1.165) is 70.3 Å². The molecule has 2 aromatic heterocycles. The maximum Gasteiger partial charge on any atom is 0.225 e. The van der Waals surface area contributed by atoms with Crippen LogP contribution >= 0.6 is 0 Å². The summed E-state index contributed by atoms with van der Waals surface area (Å²) < 4.78 is 2.15. The number of aromatic nitrogens is 3. The molecule has 0 N–H and O–H groups in total. The van der Waals surface area contributed by atoms with E-state index in [9.17, 15) is 4.79 Å². The number of rotatable bonds is 7. The molecule has 0 unspecified atom stereocenters. The quantitative estimate of drug-likeness (QED) is 0.176. The zero-order valence-electron chi connectivity index (χ0n) is 26.7. The number of carbonyl (C=O) groups excluding carboxylic acids is 1. The van der Waals surface area contributed by atoms with Crippen LogP contribution in [0.15, 0.2) is 128 Å². The highest BCUT2D eigenvalue weighted by Crippen LogP contribution is 2.42. The third kappa shape index (κ3) is 5.14. The van der Waals surface area contributed by atoms with E-state index in [0.29, 0.717) is 0 Å². The lowest BCUT2D eigenvalue weighted by Crippen LogP contribution is -2.40. The summed E-state index contributed by atoms with van der Waals surface area (Å²) in [4.78, 5) is 21.5. The average Bonchev–Trinajstić information content (AvgIpc) is 3.50. The minimum atomic E-state index is -0.676. The first-order chi connectivity index (χ1) is 22.5. The Labute approximate surface area is 270 Å². The molecule has 3 heterocycles. The Balaban J connectivity index is 1.34. The lowest BCUT2D eigenvalue weighted by Gasteiger charge is -2.36. The molecule has 7 rings (SSSR count). The summed E-state index contributed by atoms with van der Waals surface area (Å²) in [7, 11) is 3.70. The number of piperidine rings is 1. The van der Waals surface area contributed by atoms with Crippen LogP contribution in [-0.2, 0) is 10.3 Å². The van der Waals surface area contributed by atoms with Gasteiger partial charge in [-0.15, -0.1) is 0 Å². The van der Waals surface area contributed by atoms with Gasteiger partial charge in [0.25, 0.3) is 0 Å². The molecule has 1 fully saturated rings. The number of hydrogen-bond acceptors (Lipinski definition) is 4. The van der Waals surface area contributed by atoms with Crippen LogP contribution in [-0.4, -0.2) is 52.8 Å². The second-order valence-electron chi connectivity index (χ2n) is 12.4. The summed E-state index contributed by atoms with van der Waals surface area (Å²) in [5.41, 5.74) is 8.02. The lowest BCUT2D eigenvalue weighted by molar-refractivity contribution is -0.133. The zero-order chi connectivity index (χ0) is 31.7. The molecule has 230 valence electrons. The number of benzene rings is 4. The van der Waals surface area contributed by atoms with E-state index in [2.05, 4.69) is 138 Å². The second kappa shape index (κ2) is 12.3. The van der Waals surface area contributed by atoms with Gasteiger partial charge in [0.1, 0.15) is 5.54 Å². The van der Waals surface area contributed by atoms with Gasteiger partial charge < -0.3 is 9.80 Å². The molecule has 0 atom stereocenters. The topological polar surface area (TPSA) is 54.3 Å². The molecule has 0 saturated carbocycles. The first kappa shape index (κ1) is 29.5. The van der Waals surface area contributed by atoms with Gasteiger partial charge in [0.05, 0.1) is 11.2 Å². The van der Waals surface area contributed by atoms with Crippen LogP contribution in [0.1, 0.15) is 35.2 Å². The minimum absolute atomic E-state index is 0.0857. The number of amides is 1. The summed E-state index contributed by atoms with van der Waals surface area (Å²) in [6.45, 7) is 3.79. The van der Waals surface area contributed by atoms with Crippen LogP contribution in [0.25, 0.3) is 22.0 Å². The number of aryl methyl sites for hydroxylation is 1. The number of carbonyl (C=O) groups is 1. The Morgan fingerprint density at radius 3 is 1.89 bits per heavy atom. The minimum Gasteiger partial charge on any atom is -0.371 e. The van der Waals surface area contributed by atoms with Gasteiger partial charge in [-0.1, -0.05) is 97.1 Å². The van der Waals surface area contributed by atoms with Crippen molar-refractivity contribution in [1.82, 2.24) is 19.7 Å². The Hall–Kier alpha value is -5.23. The molecule has 4 aromatic carbocycles. The normalized spacial score (nSPS) is 14.0. The summed E-state index contributed by atoms with van der Waals surface area (Å²) in [6.07, 6.45) is 5.81. The largest absolute Gasteiger partial charge is 0.371 e. The molecule has 6 heteroatoms. The highest BCUT2D eigenvalue weighted by atomic mass is 16.2. The first-order valence-electron chi connectivity index (χ1n) is 16.1. The van der Waals surface area contributed by atoms with Crippen molar-refractivity contribution in [3.05, 3.63) is 150 Å². The highest BCUT2D eigenvalue weighted by molar-refractivity contribution is 5.95. The van der Waals surface area contributed by atoms with Crippen LogP contribution in [0.2, 0.25) is 0 Å². The van der Waals surface area contributed by atoms with Crippen molar-refractivity contribution in [2.24, 2.45) is 5.92 Å². The molecular weight excluding hydrogens is 566 g/mol. The maximum absolute atomic E-state index is 12.6. The van der Waals surface area contributed by atoms with Gasteiger partial charge >= 0.3 is 0 Å². The van der Waals surface area contributed by atoms with Crippen molar-refractivity contribution in [3.63, 3.8) is 0 Å². The predicted octanol–water partition coefficient (Wildman–Crippen LogP) is 7.55. The number of nitrogens with zero attached hydrogens (tertiary/aromatic N) is 5. The van der Waals surface area contributed by atoms with E-state index >= 15 is 0 Å². The molecule has 6 aromatic rings. The maximum atomic E-state index is 12.6. The Kier molecular flexibility index (Phi) is 7.87. The van der Waals surface area contributed by atoms with Crippen LogP contribution in [0.4, 0.5) is 5.69 Å². The van der Waals surface area contributed by atoms with E-state index < -0.39 is 5.54 Å². The fourth-order valence-corrected chi connectivity index (χ4v) is 7.16. The zero-order valence-corrected chi connectivity index (χ0v) is 26.7. The van der Waals surface area contributed by atoms with Gasteiger partial charge in [-0.05, 0) is 60.2 Å². The van der Waals surface area contributed by atoms with Gasteiger partial charge in [-0.3, -0.25) is 14.5 Å². The van der Waals surface area contributed by atoms with Crippen LogP contribution in [0.5, 0.6) is 0 Å². The van der Waals surface area contributed by atoms with Gasteiger partial charge in [-0.25, -0.2) is 0 Å². The summed E-state index contributed by atoms with van der Waals surface area (Å²) >= 11 is 0. The van der Waals surface area contributed by atoms with Gasteiger partial charge in [0.15, 0.2) is 0 Å². The second-order valence-corrected chi connectivity index (χ2v) is 12.4. The molecule has 0 radical (unpaired) electrons. The molecule has 1 saturated heterocycles. The van der Waals surface area contributed by atoms with Crippen molar-refractivity contribution in [3.8, 4) is 11.1 Å². The molecular formula is C40H39N5O. The molecule has 0 aliphatic carbocycles. The predicted molar refractivity (Wildman–Crippen MR) is 186 cm³/mol. The standard InChI is InChI=1S/C40H39N5O/c1-29-36(31-19-20-37-35(27-31)38(21-24-41-37)44-25-22-30(23-26-44)39(46)43(2)3)28-45(42-29)40(32-13-7-4-8-14-32,33-15-9-5-10-16-33)34-17-11-6-12-18-34/h4-21,24,27-28,30H,22-23,25-26H2,1-3H3. The molecule has 0 spiro atoms. The third-order valence-electron chi connectivity index (χ3n) is 9.47. The number of hydrogen-bond donors (Lipinski definition) is 0. The number of anilines is 1. The highest BCUT2D eigenvalue weighted by Gasteiger charge is 2.39. The smallest absolute Gasteiger partial charge is 0.225 e. The molecule has 6 nitrogen and oxygen atoms in total. The van der Waals surface area contributed by atoms with Gasteiger partial charge in [0, 0.05) is 62.1 Å². The molecule has 46 heavy (non-hydrogen) atoms. The third-order valence-corrected chi connectivity index (χ3v) is 9.47. The fraction of sp³-hybridized carbons (Fsp3) is 0.225. The van der Waals surface area contributed by atoms with Crippen LogP contribution in [0.3, 0.4) is 0 Å². The van der Waals surface area contributed by atoms with Crippen molar-refractivity contribution in [2.45, 2.75) is 25.3 Å². The number of pyridine rings is 1. The van der Waals surface area contributed by atoms with Crippen molar-refractivity contribution < 1.29 is 4.79 Å². The summed E-state index contributed by atoms with van der Waals surface area (Å²) in [6, 6.07) is 40.6. The monoisotopic (exact) mass is 605 g/mol. The van der Waals surface area contributed by atoms with E-state index in [1.165, 1.54) is 5.69 Å². The lowest BCUT2D eigenvalue weighted by atomic mass is 9.77. The summed E-state index contributed by atoms with van der Waals surface area (Å²) in [5.74, 6) is 0.314. The van der Waals surface area contributed by atoms with Crippen LogP contribution in [0, 0.1) is 12.8 Å². The van der Waals surface area contributed by atoms with Gasteiger partial charge in [0.2, 0.25) is 5.91 Å². The molecule has 1 amide bonds. The Morgan fingerprint density at radius 1 is 0.783 bits per heavy atom. The van der Waals surface area contributed by atoms with E-state index in [1.807, 2.05) is 20.3 Å². The first-order valence-corrected chi connectivity index (χ1v) is 16.1. The van der Waals surface area contributed by atoms with Crippen molar-refractivity contribution in [1.29, 1.82) is 0 Å². The fourth-order valence-electron chi connectivity index (χ4n) is 7.16. The van der Waals surface area contributed by atoms with Crippen molar-refractivity contribution in [2.75, 3.05) is 32.1 Å². The SMILES string of the molecule is Cc1nn(C(c2ccccc2)(c2ccccc2)c2ccccc2)cc1-c1ccc2nccc(N3CCC(C(=O)N(C)C)CC3)c2c1. The molecule has 1 aliphatic heterocycles. The van der Waals surface area contributed by atoms with E-state index in [1.54, 1.807) is 4.90 Å². The Bertz CT molecular complexity index is 1860.